The Morgan fingerprint density at radius 3 is 1.78 bits per heavy atom. The molecule has 0 aliphatic heterocycles. The highest BCUT2D eigenvalue weighted by molar-refractivity contribution is 6.25. The molecule has 0 spiro atoms. The largest absolute Gasteiger partial charge is 0.511 e. The molecule has 0 fully saturated rings. The van der Waals surface area contributed by atoms with Crippen LogP contribution in [0.1, 0.15) is 159 Å². The number of esters is 1. The first kappa shape index (κ1) is 37.1. The third-order valence-electron chi connectivity index (χ3n) is 8.68. The quantitative estimate of drug-likeness (QED) is 0.0838. The molecule has 0 aromatic carbocycles. The highest BCUT2D eigenvalue weighted by Gasteiger charge is 2.51. The van der Waals surface area contributed by atoms with E-state index < -0.39 is 11.4 Å². The van der Waals surface area contributed by atoms with Crippen LogP contribution in [-0.2, 0) is 19.1 Å². The molecule has 0 aromatic rings. The molecule has 236 valence electrons. The molecule has 0 saturated carbocycles. The van der Waals surface area contributed by atoms with Crippen LogP contribution >= 0.6 is 0 Å². The number of aliphatic hydroxyl groups excluding tert-OH is 1. The molecule has 1 rings (SSSR count). The van der Waals surface area contributed by atoms with Gasteiger partial charge in [0, 0.05) is 17.9 Å². The van der Waals surface area contributed by atoms with E-state index in [4.69, 9.17) is 4.74 Å². The summed E-state index contributed by atoms with van der Waals surface area (Å²) in [6, 6.07) is 0. The molecule has 5 heteroatoms. The van der Waals surface area contributed by atoms with Gasteiger partial charge in [-0.05, 0) is 69.1 Å². The minimum absolute atomic E-state index is 0.0105. The second-order valence-electron chi connectivity index (χ2n) is 13.8. The zero-order valence-electron chi connectivity index (χ0n) is 28.0. The summed E-state index contributed by atoms with van der Waals surface area (Å²) in [7, 11) is 0. The van der Waals surface area contributed by atoms with Crippen LogP contribution in [0.3, 0.4) is 0 Å². The standard InChI is InChI=1S/C36H62O5/c1-10-12-13-14-15-16-17-18-30(37)41-33-29(20-19-25(3)4)34(39)36(23-21-26(5)6,24-22-27(7)8)35(40)31(33)32(38)28(9)11-2/h25-28,39H,10-24H2,1-9H3. The van der Waals surface area contributed by atoms with Crippen molar-refractivity contribution in [1.82, 2.24) is 0 Å². The molecule has 0 aromatic heterocycles. The third kappa shape index (κ3) is 11.4. The van der Waals surface area contributed by atoms with Crippen molar-refractivity contribution >= 4 is 17.5 Å². The topological polar surface area (TPSA) is 80.7 Å². The second-order valence-corrected chi connectivity index (χ2v) is 13.8. The molecule has 41 heavy (non-hydrogen) atoms. The Bertz CT molecular complexity index is 893. The monoisotopic (exact) mass is 574 g/mol. The van der Waals surface area contributed by atoms with Crippen molar-refractivity contribution in [2.45, 2.75) is 159 Å². The summed E-state index contributed by atoms with van der Waals surface area (Å²) in [5.74, 6) is -0.355. The molecule has 1 aliphatic carbocycles. The summed E-state index contributed by atoms with van der Waals surface area (Å²) in [5, 5.41) is 12.0. The Hall–Kier alpha value is -1.91. The number of hydrogen-bond acceptors (Lipinski definition) is 5. The zero-order valence-corrected chi connectivity index (χ0v) is 28.0. The zero-order chi connectivity index (χ0) is 31.2. The lowest BCUT2D eigenvalue weighted by molar-refractivity contribution is -0.140. The van der Waals surface area contributed by atoms with Gasteiger partial charge in [-0.2, -0.15) is 0 Å². The Balaban J connectivity index is 3.58. The lowest BCUT2D eigenvalue weighted by atomic mass is 9.64. The molecular formula is C36H62O5. The number of unbranched alkanes of at least 4 members (excludes halogenated alkanes) is 6. The minimum atomic E-state index is -1.16. The number of carbonyl (C=O) groups is 3. The van der Waals surface area contributed by atoms with E-state index in [1.807, 2.05) is 13.8 Å². The Labute approximate surface area is 252 Å². The predicted octanol–water partition coefficient (Wildman–Crippen LogP) is 10.2. The maximum absolute atomic E-state index is 14.5. The van der Waals surface area contributed by atoms with Crippen LogP contribution in [-0.4, -0.2) is 22.6 Å². The lowest BCUT2D eigenvalue weighted by Crippen LogP contribution is -2.43. The smallest absolute Gasteiger partial charge is 0.311 e. The number of Topliss-reactive ketones (excluding diaryl/α,β-unsaturated/α-hetero) is 2. The number of allylic oxidation sites excluding steroid dienone is 3. The number of carbonyl (C=O) groups excluding carboxylic acids is 3. The SMILES string of the molecule is CCCCCCCCCC(=O)OC1=C(C(=O)C(C)CC)C(=O)C(CCC(C)C)(CCC(C)C)C(O)=C1CCC(C)C. The fourth-order valence-electron chi connectivity index (χ4n) is 5.48. The van der Waals surface area contributed by atoms with Gasteiger partial charge in [-0.3, -0.25) is 14.4 Å². The van der Waals surface area contributed by atoms with Crippen LogP contribution in [0.2, 0.25) is 0 Å². The van der Waals surface area contributed by atoms with Gasteiger partial charge in [-0.15, -0.1) is 0 Å². The summed E-state index contributed by atoms with van der Waals surface area (Å²) in [4.78, 5) is 41.6. The van der Waals surface area contributed by atoms with Gasteiger partial charge < -0.3 is 9.84 Å². The molecule has 0 bridgehead atoms. The van der Waals surface area contributed by atoms with Gasteiger partial charge in [0.25, 0.3) is 0 Å². The van der Waals surface area contributed by atoms with Gasteiger partial charge in [0.15, 0.2) is 17.3 Å². The average Bonchev–Trinajstić information content (AvgIpc) is 2.91. The Morgan fingerprint density at radius 2 is 1.29 bits per heavy atom. The first-order chi connectivity index (χ1) is 19.3. The van der Waals surface area contributed by atoms with E-state index in [0.29, 0.717) is 55.4 Å². The van der Waals surface area contributed by atoms with Crippen LogP contribution in [0, 0.1) is 29.1 Å². The van der Waals surface area contributed by atoms with Crippen LogP contribution in [0.4, 0.5) is 0 Å². The van der Waals surface area contributed by atoms with Crippen molar-refractivity contribution in [1.29, 1.82) is 0 Å². The molecule has 1 N–H and O–H groups in total. The van der Waals surface area contributed by atoms with E-state index in [2.05, 4.69) is 48.5 Å². The van der Waals surface area contributed by atoms with Gasteiger partial charge in [0.1, 0.15) is 11.3 Å². The normalized spacial score (nSPS) is 16.3. The summed E-state index contributed by atoms with van der Waals surface area (Å²) in [6.07, 6.45) is 12.1. The number of aliphatic hydroxyl groups is 1. The Kier molecular flexibility index (Phi) is 16.8. The number of ketones is 2. The first-order valence-electron chi connectivity index (χ1n) is 16.8. The van der Waals surface area contributed by atoms with Gasteiger partial charge in [-0.25, -0.2) is 0 Å². The van der Waals surface area contributed by atoms with E-state index in [1.54, 1.807) is 0 Å². The molecule has 1 aliphatic rings. The van der Waals surface area contributed by atoms with Crippen LogP contribution in [0.5, 0.6) is 0 Å². The van der Waals surface area contributed by atoms with E-state index in [0.717, 1.165) is 32.1 Å². The molecule has 0 radical (unpaired) electrons. The Morgan fingerprint density at radius 1 is 0.780 bits per heavy atom. The summed E-state index contributed by atoms with van der Waals surface area (Å²) >= 11 is 0. The van der Waals surface area contributed by atoms with Crippen molar-refractivity contribution in [3.05, 3.63) is 22.7 Å². The molecule has 0 amide bonds. The molecule has 1 unspecified atom stereocenters. The van der Waals surface area contributed by atoms with Crippen molar-refractivity contribution in [2.75, 3.05) is 0 Å². The maximum Gasteiger partial charge on any atom is 0.311 e. The lowest BCUT2D eigenvalue weighted by Gasteiger charge is -2.39. The third-order valence-corrected chi connectivity index (χ3v) is 8.68. The summed E-state index contributed by atoms with van der Waals surface area (Å²) in [6.45, 7) is 18.6. The van der Waals surface area contributed by atoms with Crippen LogP contribution < -0.4 is 0 Å². The molecule has 5 nitrogen and oxygen atoms in total. The molecule has 0 saturated heterocycles. The maximum atomic E-state index is 14.5. The predicted molar refractivity (Wildman–Crippen MR) is 170 cm³/mol. The fraction of sp³-hybridized carbons (Fsp3) is 0.806. The highest BCUT2D eigenvalue weighted by Crippen LogP contribution is 2.49. The molecule has 0 heterocycles. The van der Waals surface area contributed by atoms with E-state index >= 15 is 0 Å². The van der Waals surface area contributed by atoms with E-state index in [1.165, 1.54) is 25.7 Å². The van der Waals surface area contributed by atoms with Crippen LogP contribution in [0.15, 0.2) is 22.7 Å². The van der Waals surface area contributed by atoms with Gasteiger partial charge >= 0.3 is 5.97 Å². The summed E-state index contributed by atoms with van der Waals surface area (Å²) in [5.41, 5.74) is -0.657. The van der Waals surface area contributed by atoms with Crippen molar-refractivity contribution in [3.63, 3.8) is 0 Å². The van der Waals surface area contributed by atoms with Gasteiger partial charge in [0.2, 0.25) is 0 Å². The van der Waals surface area contributed by atoms with Crippen LogP contribution in [0.25, 0.3) is 0 Å². The highest BCUT2D eigenvalue weighted by atomic mass is 16.5. The van der Waals surface area contributed by atoms with Crippen molar-refractivity contribution in [3.8, 4) is 0 Å². The minimum Gasteiger partial charge on any atom is -0.511 e. The van der Waals surface area contributed by atoms with Gasteiger partial charge in [0.05, 0.1) is 5.41 Å². The molecular weight excluding hydrogens is 512 g/mol. The number of rotatable bonds is 21. The van der Waals surface area contributed by atoms with Gasteiger partial charge in [-0.1, -0.05) is 101 Å². The number of hydrogen-bond donors (Lipinski definition) is 1. The van der Waals surface area contributed by atoms with E-state index in [9.17, 15) is 19.5 Å². The fourth-order valence-corrected chi connectivity index (χ4v) is 5.48. The molecule has 1 atom stereocenters. The van der Waals surface area contributed by atoms with Crippen molar-refractivity contribution in [2.24, 2.45) is 29.1 Å². The van der Waals surface area contributed by atoms with Crippen molar-refractivity contribution < 1.29 is 24.2 Å². The number of ether oxygens (including phenoxy) is 1. The summed E-state index contributed by atoms with van der Waals surface area (Å²) < 4.78 is 5.98. The second kappa shape index (κ2) is 18.6. The average molecular weight is 575 g/mol. The van der Waals surface area contributed by atoms with E-state index in [-0.39, 0.29) is 41.0 Å². The first-order valence-corrected chi connectivity index (χ1v) is 16.8.